The van der Waals surface area contributed by atoms with Gasteiger partial charge in [0, 0.05) is 22.8 Å². The summed E-state index contributed by atoms with van der Waals surface area (Å²) in [6, 6.07) is 0. The zero-order valence-corrected chi connectivity index (χ0v) is 13.3. The van der Waals surface area contributed by atoms with Gasteiger partial charge < -0.3 is 9.47 Å². The Hall–Kier alpha value is -1.82. The van der Waals surface area contributed by atoms with E-state index in [4.69, 9.17) is 9.47 Å². The van der Waals surface area contributed by atoms with Crippen LogP contribution < -0.4 is 0 Å². The SMILES string of the molecule is C=C(SCC(COC(=O)C=CC)OC(=O)C=CC)C(C)=O. The minimum atomic E-state index is -0.649. The predicted molar refractivity (Wildman–Crippen MR) is 82.7 cm³/mol. The Morgan fingerprint density at radius 3 is 2.24 bits per heavy atom. The summed E-state index contributed by atoms with van der Waals surface area (Å²) in [4.78, 5) is 34.2. The van der Waals surface area contributed by atoms with Crippen LogP contribution >= 0.6 is 11.8 Å². The van der Waals surface area contributed by atoms with Crippen LogP contribution in [0.5, 0.6) is 0 Å². The number of Topliss-reactive ketones (excluding diaryl/α,β-unsaturated/α-hetero) is 1. The number of thioether (sulfide) groups is 1. The number of esters is 2. The van der Waals surface area contributed by atoms with Crippen LogP contribution in [-0.2, 0) is 23.9 Å². The predicted octanol–water partition coefficient (Wildman–Crippen LogP) is 2.43. The molecular formula is C15H20O5S. The number of carbonyl (C=O) groups is 3. The molecule has 0 amide bonds. The molecule has 0 aliphatic heterocycles. The molecule has 0 aromatic heterocycles. The van der Waals surface area contributed by atoms with E-state index in [1.54, 1.807) is 26.0 Å². The number of hydrogen-bond donors (Lipinski definition) is 0. The Balaban J connectivity index is 4.53. The molecule has 21 heavy (non-hydrogen) atoms. The molecule has 0 fully saturated rings. The molecule has 0 N–H and O–H groups in total. The Morgan fingerprint density at radius 2 is 1.71 bits per heavy atom. The van der Waals surface area contributed by atoms with Gasteiger partial charge in [-0.2, -0.15) is 0 Å². The van der Waals surface area contributed by atoms with Crippen molar-refractivity contribution in [3.05, 3.63) is 35.8 Å². The number of hydrogen-bond acceptors (Lipinski definition) is 6. The highest BCUT2D eigenvalue weighted by Crippen LogP contribution is 2.17. The third-order valence-corrected chi connectivity index (χ3v) is 3.31. The molecular weight excluding hydrogens is 292 g/mol. The fourth-order valence-corrected chi connectivity index (χ4v) is 1.86. The quantitative estimate of drug-likeness (QED) is 0.481. The molecule has 0 heterocycles. The molecule has 0 bridgehead atoms. The molecule has 0 spiro atoms. The van der Waals surface area contributed by atoms with Gasteiger partial charge in [-0.1, -0.05) is 18.7 Å². The largest absolute Gasteiger partial charge is 0.459 e. The van der Waals surface area contributed by atoms with Crippen molar-refractivity contribution in [2.24, 2.45) is 0 Å². The monoisotopic (exact) mass is 312 g/mol. The Labute approximate surface area is 129 Å². The second-order valence-electron chi connectivity index (χ2n) is 3.98. The summed E-state index contributed by atoms with van der Waals surface area (Å²) in [7, 11) is 0. The van der Waals surface area contributed by atoms with Crippen LogP contribution in [0.4, 0.5) is 0 Å². The van der Waals surface area contributed by atoms with E-state index in [0.717, 1.165) is 11.8 Å². The highest BCUT2D eigenvalue weighted by Gasteiger charge is 2.17. The smallest absolute Gasteiger partial charge is 0.330 e. The highest BCUT2D eigenvalue weighted by molar-refractivity contribution is 8.04. The van der Waals surface area contributed by atoms with E-state index >= 15 is 0 Å². The molecule has 0 rings (SSSR count). The first-order valence-corrected chi connectivity index (χ1v) is 7.34. The van der Waals surface area contributed by atoms with Crippen LogP contribution in [0.3, 0.4) is 0 Å². The maximum Gasteiger partial charge on any atom is 0.330 e. The van der Waals surface area contributed by atoms with Gasteiger partial charge in [0.05, 0.1) is 0 Å². The van der Waals surface area contributed by atoms with Crippen LogP contribution in [0.1, 0.15) is 20.8 Å². The summed E-state index contributed by atoms with van der Waals surface area (Å²) in [5.74, 6) is -0.909. The van der Waals surface area contributed by atoms with Crippen LogP contribution in [0.25, 0.3) is 0 Å². The molecule has 0 aliphatic carbocycles. The summed E-state index contributed by atoms with van der Waals surface area (Å²) in [6.45, 7) is 8.31. The fraction of sp³-hybridized carbons (Fsp3) is 0.400. The van der Waals surface area contributed by atoms with E-state index < -0.39 is 18.0 Å². The second kappa shape index (κ2) is 10.9. The molecule has 0 aliphatic rings. The van der Waals surface area contributed by atoms with Crippen molar-refractivity contribution in [3.63, 3.8) is 0 Å². The van der Waals surface area contributed by atoms with Crippen molar-refractivity contribution >= 4 is 29.5 Å². The van der Waals surface area contributed by atoms with Gasteiger partial charge in [0.1, 0.15) is 12.7 Å². The van der Waals surface area contributed by atoms with Gasteiger partial charge in [-0.25, -0.2) is 9.59 Å². The van der Waals surface area contributed by atoms with Gasteiger partial charge >= 0.3 is 11.9 Å². The van der Waals surface area contributed by atoms with Gasteiger partial charge in [0.2, 0.25) is 0 Å². The standard InChI is InChI=1S/C15H20O5S/c1-5-7-14(17)19-9-13(20-15(18)8-6-2)10-21-12(4)11(3)16/h5-8,13H,4,9-10H2,1-3H3. The number of ketones is 1. The lowest BCUT2D eigenvalue weighted by Crippen LogP contribution is -2.26. The number of allylic oxidation sites excluding steroid dienone is 3. The lowest BCUT2D eigenvalue weighted by atomic mass is 10.4. The van der Waals surface area contributed by atoms with Crippen molar-refractivity contribution in [2.75, 3.05) is 12.4 Å². The molecule has 1 unspecified atom stereocenters. The van der Waals surface area contributed by atoms with E-state index in [1.807, 2.05) is 0 Å². The van der Waals surface area contributed by atoms with Gasteiger partial charge in [-0.15, -0.1) is 11.8 Å². The zero-order chi connectivity index (χ0) is 16.3. The molecule has 0 saturated heterocycles. The number of ether oxygens (including phenoxy) is 2. The van der Waals surface area contributed by atoms with E-state index in [2.05, 4.69) is 6.58 Å². The molecule has 0 saturated carbocycles. The first kappa shape index (κ1) is 19.2. The third-order valence-electron chi connectivity index (χ3n) is 2.14. The second-order valence-corrected chi connectivity index (χ2v) is 5.09. The molecule has 6 heteroatoms. The average Bonchev–Trinajstić information content (AvgIpc) is 2.41. The molecule has 1 atom stereocenters. The summed E-state index contributed by atoms with van der Waals surface area (Å²) in [5.41, 5.74) is 0. The molecule has 5 nitrogen and oxygen atoms in total. The van der Waals surface area contributed by atoms with E-state index in [-0.39, 0.29) is 18.1 Å². The summed E-state index contributed by atoms with van der Waals surface area (Å²) in [6.07, 6.45) is 4.99. The third kappa shape index (κ3) is 9.67. The average molecular weight is 312 g/mol. The van der Waals surface area contributed by atoms with Crippen LogP contribution in [0.15, 0.2) is 35.8 Å². The van der Waals surface area contributed by atoms with E-state index in [9.17, 15) is 14.4 Å². The summed E-state index contributed by atoms with van der Waals surface area (Å²) < 4.78 is 10.1. The summed E-state index contributed by atoms with van der Waals surface area (Å²) in [5, 5.41) is 0. The zero-order valence-electron chi connectivity index (χ0n) is 12.5. The number of rotatable bonds is 9. The highest BCUT2D eigenvalue weighted by atomic mass is 32.2. The van der Waals surface area contributed by atoms with Crippen molar-refractivity contribution < 1.29 is 23.9 Å². The Kier molecular flexibility index (Phi) is 9.96. The molecule has 0 radical (unpaired) electrons. The van der Waals surface area contributed by atoms with Crippen LogP contribution in [0, 0.1) is 0 Å². The summed E-state index contributed by atoms with van der Waals surface area (Å²) >= 11 is 1.16. The van der Waals surface area contributed by atoms with Crippen molar-refractivity contribution in [3.8, 4) is 0 Å². The maximum atomic E-state index is 11.4. The molecule has 0 aromatic carbocycles. The molecule has 0 aromatic rings. The minimum absolute atomic E-state index is 0.0787. The maximum absolute atomic E-state index is 11.4. The van der Waals surface area contributed by atoms with Gasteiger partial charge in [0.15, 0.2) is 5.78 Å². The molecule has 116 valence electrons. The fourth-order valence-electron chi connectivity index (χ4n) is 1.11. The van der Waals surface area contributed by atoms with Crippen LogP contribution in [0.2, 0.25) is 0 Å². The van der Waals surface area contributed by atoms with Crippen LogP contribution in [-0.4, -0.2) is 36.2 Å². The minimum Gasteiger partial charge on any atom is -0.459 e. The van der Waals surface area contributed by atoms with Gasteiger partial charge in [-0.05, 0) is 20.8 Å². The van der Waals surface area contributed by atoms with Crippen molar-refractivity contribution in [2.45, 2.75) is 26.9 Å². The van der Waals surface area contributed by atoms with Gasteiger partial charge in [-0.3, -0.25) is 4.79 Å². The van der Waals surface area contributed by atoms with E-state index in [0.29, 0.717) is 4.91 Å². The normalized spacial score (nSPS) is 12.3. The first-order chi connectivity index (χ1) is 9.90. The van der Waals surface area contributed by atoms with E-state index in [1.165, 1.54) is 19.1 Å². The Morgan fingerprint density at radius 1 is 1.14 bits per heavy atom. The lowest BCUT2D eigenvalue weighted by Gasteiger charge is -2.16. The topological polar surface area (TPSA) is 69.7 Å². The van der Waals surface area contributed by atoms with Crippen molar-refractivity contribution in [1.29, 1.82) is 0 Å². The first-order valence-electron chi connectivity index (χ1n) is 6.36. The van der Waals surface area contributed by atoms with Crippen molar-refractivity contribution in [1.82, 2.24) is 0 Å². The lowest BCUT2D eigenvalue weighted by molar-refractivity contribution is -0.151. The number of carbonyl (C=O) groups excluding carboxylic acids is 3. The Bertz CT molecular complexity index is 451. The van der Waals surface area contributed by atoms with Gasteiger partial charge in [0.25, 0.3) is 0 Å².